The highest BCUT2D eigenvalue weighted by Crippen LogP contribution is 2.40. The van der Waals surface area contributed by atoms with Crippen LogP contribution in [0.5, 0.6) is 0 Å². The van der Waals surface area contributed by atoms with Crippen molar-refractivity contribution >= 4 is 66.2 Å². The van der Waals surface area contributed by atoms with Gasteiger partial charge in [-0.2, -0.15) is 0 Å². The smallest absolute Gasteiger partial charge is 0.159 e. The van der Waals surface area contributed by atoms with Crippen LogP contribution in [0.4, 0.5) is 0 Å². The molecule has 5 nitrogen and oxygen atoms in total. The molecule has 0 fully saturated rings. The fraction of sp³-hybridized carbons (Fsp3) is 0.0182. The predicted molar refractivity (Wildman–Crippen MR) is 248 cm³/mol. The summed E-state index contributed by atoms with van der Waals surface area (Å²) in [5.74, 6) is 1.41. The van der Waals surface area contributed by atoms with Crippen LogP contribution in [-0.4, -0.2) is 16.2 Å². The zero-order chi connectivity index (χ0) is 39.6. The number of aliphatic imine (C=N–C) groups is 2. The number of hydrogen-bond donors (Lipinski definition) is 1. The molecule has 0 radical (unpaired) electrons. The highest BCUT2D eigenvalue weighted by molar-refractivity contribution is 6.19. The molecule has 0 aliphatic carbocycles. The van der Waals surface area contributed by atoms with Crippen LogP contribution in [0.2, 0.25) is 0 Å². The third-order valence-electron chi connectivity index (χ3n) is 11.8. The molecule has 60 heavy (non-hydrogen) atoms. The molecule has 0 saturated carbocycles. The van der Waals surface area contributed by atoms with Crippen molar-refractivity contribution in [2.45, 2.75) is 6.17 Å². The minimum Gasteiger partial charge on any atom is -0.454 e. The van der Waals surface area contributed by atoms with Crippen LogP contribution < -0.4 is 5.32 Å². The van der Waals surface area contributed by atoms with Gasteiger partial charge in [0.25, 0.3) is 0 Å². The summed E-state index contributed by atoms with van der Waals surface area (Å²) in [5, 5.41) is 10.5. The Bertz CT molecular complexity index is 3490. The molecule has 0 bridgehead atoms. The number of nitrogens with zero attached hydrogens (tertiary/aromatic N) is 3. The predicted octanol–water partition coefficient (Wildman–Crippen LogP) is 13.7. The van der Waals surface area contributed by atoms with Gasteiger partial charge in [-0.15, -0.1) is 0 Å². The van der Waals surface area contributed by atoms with Crippen LogP contribution in [0, 0.1) is 0 Å². The average Bonchev–Trinajstić information content (AvgIpc) is 3.86. The van der Waals surface area contributed by atoms with Crippen molar-refractivity contribution in [2.75, 3.05) is 0 Å². The van der Waals surface area contributed by atoms with Gasteiger partial charge in [0.1, 0.15) is 17.6 Å². The number of amidine groups is 2. The van der Waals surface area contributed by atoms with E-state index in [1.165, 1.54) is 32.7 Å². The van der Waals surface area contributed by atoms with Crippen molar-refractivity contribution in [3.8, 4) is 27.9 Å². The lowest BCUT2D eigenvalue weighted by Gasteiger charge is -2.24. The second kappa shape index (κ2) is 13.8. The normalized spacial score (nSPS) is 14.2. The number of aromatic nitrogens is 1. The van der Waals surface area contributed by atoms with Crippen molar-refractivity contribution in [1.29, 1.82) is 0 Å². The summed E-state index contributed by atoms with van der Waals surface area (Å²) in [5.41, 5.74) is 12.4. The summed E-state index contributed by atoms with van der Waals surface area (Å²) in [4.78, 5) is 10.7. The van der Waals surface area contributed by atoms with Gasteiger partial charge in [-0.1, -0.05) is 170 Å². The minimum atomic E-state index is -0.383. The lowest BCUT2D eigenvalue weighted by atomic mass is 10.0. The van der Waals surface area contributed by atoms with Gasteiger partial charge in [-0.25, -0.2) is 9.98 Å². The van der Waals surface area contributed by atoms with E-state index in [9.17, 15) is 0 Å². The number of furan rings is 1. The molecule has 0 spiro atoms. The lowest BCUT2D eigenvalue weighted by molar-refractivity contribution is 0.666. The summed E-state index contributed by atoms with van der Waals surface area (Å²) in [7, 11) is 0. The van der Waals surface area contributed by atoms with Crippen molar-refractivity contribution < 1.29 is 4.42 Å². The van der Waals surface area contributed by atoms with Crippen LogP contribution in [0.15, 0.2) is 221 Å². The number of nitrogens with one attached hydrogen (secondary N) is 1. The number of rotatable bonds is 6. The number of benzene rings is 9. The maximum absolute atomic E-state index is 6.80. The van der Waals surface area contributed by atoms with Crippen LogP contribution in [0.3, 0.4) is 0 Å². The second-order valence-electron chi connectivity index (χ2n) is 15.4. The minimum absolute atomic E-state index is 0.383. The summed E-state index contributed by atoms with van der Waals surface area (Å²) in [6.07, 6.45) is -0.383. The molecule has 282 valence electrons. The quantitative estimate of drug-likeness (QED) is 0.183. The molecule has 3 heterocycles. The van der Waals surface area contributed by atoms with Gasteiger partial charge in [0.05, 0.1) is 16.7 Å². The van der Waals surface area contributed by atoms with E-state index in [2.05, 4.69) is 192 Å². The number of para-hydroxylation sites is 2. The van der Waals surface area contributed by atoms with Crippen molar-refractivity contribution in [1.82, 2.24) is 9.88 Å². The van der Waals surface area contributed by atoms with Gasteiger partial charge in [-0.05, 0) is 75.0 Å². The third-order valence-corrected chi connectivity index (χ3v) is 11.8. The van der Waals surface area contributed by atoms with Gasteiger partial charge >= 0.3 is 0 Å². The van der Waals surface area contributed by atoms with E-state index in [-0.39, 0.29) is 6.17 Å². The van der Waals surface area contributed by atoms with Gasteiger partial charge in [0, 0.05) is 32.7 Å². The Morgan fingerprint density at radius 3 is 1.75 bits per heavy atom. The molecule has 5 heteroatoms. The van der Waals surface area contributed by atoms with Gasteiger partial charge < -0.3 is 14.3 Å². The van der Waals surface area contributed by atoms with Crippen LogP contribution >= 0.6 is 0 Å². The van der Waals surface area contributed by atoms with E-state index in [4.69, 9.17) is 14.4 Å². The second-order valence-corrected chi connectivity index (χ2v) is 15.4. The van der Waals surface area contributed by atoms with Crippen molar-refractivity contribution in [3.63, 3.8) is 0 Å². The molecule has 0 amide bonds. The number of fused-ring (bicyclic) bond motifs is 7. The summed E-state index contributed by atoms with van der Waals surface area (Å²) >= 11 is 0. The lowest BCUT2D eigenvalue weighted by Crippen LogP contribution is -2.33. The van der Waals surface area contributed by atoms with E-state index >= 15 is 0 Å². The van der Waals surface area contributed by atoms with Crippen LogP contribution in [0.25, 0.3) is 82.5 Å². The molecule has 0 saturated heterocycles. The van der Waals surface area contributed by atoms with Gasteiger partial charge in [0.2, 0.25) is 0 Å². The fourth-order valence-corrected chi connectivity index (χ4v) is 8.85. The molecule has 2 aromatic heterocycles. The Hall–Kier alpha value is -8.02. The summed E-state index contributed by atoms with van der Waals surface area (Å²) < 4.78 is 9.16. The first-order valence-electron chi connectivity index (χ1n) is 20.3. The summed E-state index contributed by atoms with van der Waals surface area (Å²) in [6, 6.07) is 72.8. The first kappa shape index (κ1) is 34.1. The van der Waals surface area contributed by atoms with Gasteiger partial charge in [-0.3, -0.25) is 0 Å². The molecule has 1 atom stereocenters. The zero-order valence-corrected chi connectivity index (χ0v) is 32.5. The molecule has 12 rings (SSSR count). The SMILES string of the molecule is c1ccc(-c2ccc(C3=NC(c4cc(-n5c6ccccc6c6cc7ccccc7cc65)c5oc6ccccc6c5c4)=NC(c4ccc(-c5ccccc5)cc4)N3)cc2)cc1. The topological polar surface area (TPSA) is 54.8 Å². The first-order chi connectivity index (χ1) is 29.7. The Morgan fingerprint density at radius 1 is 0.433 bits per heavy atom. The number of hydrogen-bond acceptors (Lipinski definition) is 4. The molecular formula is C55H36N4O. The highest BCUT2D eigenvalue weighted by atomic mass is 16.3. The molecule has 1 aliphatic rings. The van der Waals surface area contributed by atoms with Crippen molar-refractivity contribution in [2.24, 2.45) is 9.98 Å². The Kier molecular flexibility index (Phi) is 7.85. The van der Waals surface area contributed by atoms with Crippen LogP contribution in [0.1, 0.15) is 22.9 Å². The highest BCUT2D eigenvalue weighted by Gasteiger charge is 2.25. The maximum Gasteiger partial charge on any atom is 0.159 e. The molecule has 11 aromatic rings. The molecule has 1 unspecified atom stereocenters. The zero-order valence-electron chi connectivity index (χ0n) is 32.5. The maximum atomic E-state index is 6.80. The monoisotopic (exact) mass is 768 g/mol. The Morgan fingerprint density at radius 2 is 1.02 bits per heavy atom. The summed E-state index contributed by atoms with van der Waals surface area (Å²) in [6.45, 7) is 0. The third kappa shape index (κ3) is 5.70. The first-order valence-corrected chi connectivity index (χ1v) is 20.3. The van der Waals surface area contributed by atoms with Crippen LogP contribution in [-0.2, 0) is 0 Å². The Balaban J connectivity index is 1.08. The fourth-order valence-electron chi connectivity index (χ4n) is 8.85. The molecule has 9 aromatic carbocycles. The van der Waals surface area contributed by atoms with E-state index in [0.717, 1.165) is 72.3 Å². The van der Waals surface area contributed by atoms with E-state index < -0.39 is 0 Å². The molecule has 1 N–H and O–H groups in total. The standard InChI is InChI=1S/C55H36N4O/c1-3-13-35(14-4-1)37-23-27-39(28-24-37)53-56-54(40-29-25-38(26-30-40)36-15-5-2-6-16-36)58-55(57-53)43-32-47-45-20-10-12-22-51(45)60-52(47)50(34-43)59-48-21-11-9-19-44(48)46-31-41-17-7-8-18-42(41)33-49(46)59/h1-34,53H,(H,56,57,58). The average molecular weight is 769 g/mol. The van der Waals surface area contributed by atoms with E-state index in [0.29, 0.717) is 5.84 Å². The van der Waals surface area contributed by atoms with Crippen molar-refractivity contribution in [3.05, 3.63) is 223 Å². The Labute approximate surface area is 346 Å². The molecular weight excluding hydrogens is 733 g/mol. The van der Waals surface area contributed by atoms with E-state index in [1.807, 2.05) is 24.3 Å². The van der Waals surface area contributed by atoms with E-state index in [1.54, 1.807) is 0 Å². The largest absolute Gasteiger partial charge is 0.454 e. The molecule has 1 aliphatic heterocycles. The van der Waals surface area contributed by atoms with Gasteiger partial charge in [0.15, 0.2) is 11.4 Å².